The lowest BCUT2D eigenvalue weighted by Gasteiger charge is -2.09. The fourth-order valence-corrected chi connectivity index (χ4v) is 1.86. The van der Waals surface area contributed by atoms with Gasteiger partial charge in [0.1, 0.15) is 6.61 Å². The standard InChI is InChI=1S/C16H17FO2/c1-12(18)9-14-7-8-16(15(17)10-14)19-11-13-5-3-2-4-6-13/h2-8,10,12,18H,9,11H2,1H3. The smallest absolute Gasteiger partial charge is 0.165 e. The number of halogens is 1. The molecule has 0 spiro atoms. The molecule has 2 rings (SSSR count). The van der Waals surface area contributed by atoms with Gasteiger partial charge >= 0.3 is 0 Å². The number of hydrogen-bond donors (Lipinski definition) is 1. The second kappa shape index (κ2) is 6.34. The molecule has 1 unspecified atom stereocenters. The second-order valence-electron chi connectivity index (χ2n) is 4.59. The van der Waals surface area contributed by atoms with Crippen LogP contribution in [0.1, 0.15) is 18.1 Å². The SMILES string of the molecule is CC(O)Cc1ccc(OCc2ccccc2)c(F)c1. The largest absolute Gasteiger partial charge is 0.486 e. The first-order chi connectivity index (χ1) is 9.15. The van der Waals surface area contributed by atoms with Gasteiger partial charge in [0.05, 0.1) is 6.10 Å². The van der Waals surface area contributed by atoms with E-state index in [9.17, 15) is 9.50 Å². The van der Waals surface area contributed by atoms with E-state index in [1.54, 1.807) is 19.1 Å². The maximum atomic E-state index is 13.8. The van der Waals surface area contributed by atoms with Crippen LogP contribution in [0.5, 0.6) is 5.75 Å². The quantitative estimate of drug-likeness (QED) is 0.893. The van der Waals surface area contributed by atoms with Crippen molar-refractivity contribution < 1.29 is 14.2 Å². The average Bonchev–Trinajstić information content (AvgIpc) is 2.38. The van der Waals surface area contributed by atoms with Gasteiger partial charge in [0.25, 0.3) is 0 Å². The van der Waals surface area contributed by atoms with Crippen LogP contribution in [0.3, 0.4) is 0 Å². The van der Waals surface area contributed by atoms with Crippen LogP contribution < -0.4 is 4.74 Å². The Balaban J connectivity index is 2.01. The van der Waals surface area contributed by atoms with Crippen LogP contribution in [0.4, 0.5) is 4.39 Å². The maximum absolute atomic E-state index is 13.8. The van der Waals surface area contributed by atoms with Crippen molar-refractivity contribution in [3.63, 3.8) is 0 Å². The molecular formula is C16H17FO2. The number of ether oxygens (including phenoxy) is 1. The molecule has 0 fully saturated rings. The number of hydrogen-bond acceptors (Lipinski definition) is 2. The Hall–Kier alpha value is -1.87. The van der Waals surface area contributed by atoms with Gasteiger partial charge in [-0.05, 0) is 36.6 Å². The summed E-state index contributed by atoms with van der Waals surface area (Å²) >= 11 is 0. The monoisotopic (exact) mass is 260 g/mol. The van der Waals surface area contributed by atoms with E-state index in [0.29, 0.717) is 13.0 Å². The summed E-state index contributed by atoms with van der Waals surface area (Å²) in [6.07, 6.45) is -0.0360. The fraction of sp³-hybridized carbons (Fsp3) is 0.250. The van der Waals surface area contributed by atoms with Crippen molar-refractivity contribution in [1.29, 1.82) is 0 Å². The molecule has 2 aromatic carbocycles. The molecule has 0 heterocycles. The van der Waals surface area contributed by atoms with Crippen LogP contribution in [0.15, 0.2) is 48.5 Å². The highest BCUT2D eigenvalue weighted by Gasteiger charge is 2.06. The molecule has 0 radical (unpaired) electrons. The highest BCUT2D eigenvalue weighted by atomic mass is 19.1. The van der Waals surface area contributed by atoms with Crippen molar-refractivity contribution in [2.45, 2.75) is 26.1 Å². The first-order valence-electron chi connectivity index (χ1n) is 6.28. The van der Waals surface area contributed by atoms with E-state index >= 15 is 0 Å². The summed E-state index contributed by atoms with van der Waals surface area (Å²) in [4.78, 5) is 0. The van der Waals surface area contributed by atoms with E-state index in [4.69, 9.17) is 4.74 Å². The summed E-state index contributed by atoms with van der Waals surface area (Å²) in [5.41, 5.74) is 1.76. The molecule has 19 heavy (non-hydrogen) atoms. The summed E-state index contributed by atoms with van der Waals surface area (Å²) < 4.78 is 19.2. The molecule has 0 aliphatic rings. The van der Waals surface area contributed by atoms with Gasteiger partial charge in [-0.2, -0.15) is 0 Å². The minimum Gasteiger partial charge on any atom is -0.486 e. The average molecular weight is 260 g/mol. The maximum Gasteiger partial charge on any atom is 0.165 e. The topological polar surface area (TPSA) is 29.5 Å². The molecule has 1 N–H and O–H groups in total. The minimum atomic E-state index is -0.476. The molecule has 2 nitrogen and oxygen atoms in total. The lowest BCUT2D eigenvalue weighted by Crippen LogP contribution is -2.05. The van der Waals surface area contributed by atoms with Gasteiger partial charge in [0, 0.05) is 0 Å². The van der Waals surface area contributed by atoms with Gasteiger partial charge in [-0.3, -0.25) is 0 Å². The summed E-state index contributed by atoms with van der Waals surface area (Å²) in [6, 6.07) is 14.4. The van der Waals surface area contributed by atoms with Crippen LogP contribution in [0.25, 0.3) is 0 Å². The molecule has 0 amide bonds. The number of rotatable bonds is 5. The Bertz CT molecular complexity index is 524. The van der Waals surface area contributed by atoms with Crippen molar-refractivity contribution in [1.82, 2.24) is 0 Å². The second-order valence-corrected chi connectivity index (χ2v) is 4.59. The van der Waals surface area contributed by atoms with Crippen LogP contribution in [-0.4, -0.2) is 11.2 Å². The molecule has 2 aromatic rings. The van der Waals surface area contributed by atoms with Gasteiger partial charge in [-0.1, -0.05) is 36.4 Å². The molecule has 0 bridgehead atoms. The van der Waals surface area contributed by atoms with Crippen molar-refractivity contribution >= 4 is 0 Å². The molecular weight excluding hydrogens is 243 g/mol. The van der Waals surface area contributed by atoms with Crippen LogP contribution >= 0.6 is 0 Å². The third kappa shape index (κ3) is 4.07. The fourth-order valence-electron chi connectivity index (χ4n) is 1.86. The lowest BCUT2D eigenvalue weighted by atomic mass is 10.1. The first-order valence-corrected chi connectivity index (χ1v) is 6.28. The normalized spacial score (nSPS) is 12.2. The van der Waals surface area contributed by atoms with E-state index < -0.39 is 11.9 Å². The number of aliphatic hydroxyl groups excluding tert-OH is 1. The van der Waals surface area contributed by atoms with Gasteiger partial charge < -0.3 is 9.84 Å². The molecule has 0 saturated carbocycles. The van der Waals surface area contributed by atoms with E-state index in [-0.39, 0.29) is 5.75 Å². The molecule has 0 aliphatic carbocycles. The van der Waals surface area contributed by atoms with Gasteiger partial charge in [-0.15, -0.1) is 0 Å². The van der Waals surface area contributed by atoms with Crippen LogP contribution in [-0.2, 0) is 13.0 Å². The highest BCUT2D eigenvalue weighted by Crippen LogP contribution is 2.20. The summed E-state index contributed by atoms with van der Waals surface area (Å²) in [6.45, 7) is 2.02. The third-order valence-electron chi connectivity index (χ3n) is 2.76. The number of aliphatic hydroxyl groups is 1. The Labute approximate surface area is 112 Å². The summed E-state index contributed by atoms with van der Waals surface area (Å²) in [7, 11) is 0. The molecule has 3 heteroatoms. The Kier molecular flexibility index (Phi) is 4.53. The summed E-state index contributed by atoms with van der Waals surface area (Å²) in [5.74, 6) is -0.160. The number of benzene rings is 2. The van der Waals surface area contributed by atoms with Crippen molar-refractivity contribution in [3.05, 3.63) is 65.5 Å². The lowest BCUT2D eigenvalue weighted by molar-refractivity contribution is 0.195. The van der Waals surface area contributed by atoms with E-state index in [0.717, 1.165) is 11.1 Å². The molecule has 0 saturated heterocycles. The highest BCUT2D eigenvalue weighted by molar-refractivity contribution is 5.30. The zero-order valence-electron chi connectivity index (χ0n) is 10.8. The molecule has 0 aliphatic heterocycles. The van der Waals surface area contributed by atoms with E-state index in [1.807, 2.05) is 30.3 Å². The van der Waals surface area contributed by atoms with Gasteiger partial charge in [0.15, 0.2) is 11.6 Å². The van der Waals surface area contributed by atoms with Gasteiger partial charge in [0.2, 0.25) is 0 Å². The van der Waals surface area contributed by atoms with Crippen LogP contribution in [0, 0.1) is 5.82 Å². The minimum absolute atomic E-state index is 0.234. The molecule has 0 aromatic heterocycles. The molecule has 100 valence electrons. The van der Waals surface area contributed by atoms with Gasteiger partial charge in [-0.25, -0.2) is 4.39 Å². The Morgan fingerprint density at radius 2 is 1.84 bits per heavy atom. The summed E-state index contributed by atoms with van der Waals surface area (Å²) in [5, 5.41) is 9.26. The molecule has 1 atom stereocenters. The first kappa shape index (κ1) is 13.6. The van der Waals surface area contributed by atoms with E-state index in [1.165, 1.54) is 6.07 Å². The van der Waals surface area contributed by atoms with E-state index in [2.05, 4.69) is 0 Å². The zero-order valence-corrected chi connectivity index (χ0v) is 10.8. The Morgan fingerprint density at radius 1 is 1.11 bits per heavy atom. The third-order valence-corrected chi connectivity index (χ3v) is 2.76. The zero-order chi connectivity index (χ0) is 13.7. The van der Waals surface area contributed by atoms with Crippen LogP contribution in [0.2, 0.25) is 0 Å². The predicted molar refractivity (Wildman–Crippen MR) is 72.6 cm³/mol. The Morgan fingerprint density at radius 3 is 2.47 bits per heavy atom. The van der Waals surface area contributed by atoms with Crippen molar-refractivity contribution in [2.75, 3.05) is 0 Å². The van der Waals surface area contributed by atoms with Crippen molar-refractivity contribution in [2.24, 2.45) is 0 Å². The van der Waals surface area contributed by atoms with Crippen molar-refractivity contribution in [3.8, 4) is 5.75 Å². The predicted octanol–water partition coefficient (Wildman–Crippen LogP) is 3.33.